The third-order valence-corrected chi connectivity index (χ3v) is 3.61. The molecule has 0 spiro atoms. The number of para-hydroxylation sites is 1. The van der Waals surface area contributed by atoms with Crippen LogP contribution >= 0.6 is 0 Å². The van der Waals surface area contributed by atoms with Crippen molar-refractivity contribution in [3.63, 3.8) is 0 Å². The van der Waals surface area contributed by atoms with Gasteiger partial charge in [0, 0.05) is 0 Å². The number of nitriles is 1. The minimum absolute atomic E-state index is 0.0680. The summed E-state index contributed by atoms with van der Waals surface area (Å²) in [6, 6.07) is 17.7. The maximum atomic E-state index is 13.6. The number of anilines is 1. The standard InChI is InChI=1S/C19H16FN3O2/c1-13(14-7-3-2-4-8-14)22-19-16(11-21)23-18(25-19)12-24-17-10-6-5-9-15(17)20/h2-10,13,22H,12H2,1H3/t13-/m0/s1. The summed E-state index contributed by atoms with van der Waals surface area (Å²) in [4.78, 5) is 4.08. The summed E-state index contributed by atoms with van der Waals surface area (Å²) in [5.74, 6) is 0.102. The van der Waals surface area contributed by atoms with Crippen LogP contribution in [0.2, 0.25) is 0 Å². The molecule has 0 saturated carbocycles. The first kappa shape index (κ1) is 16.5. The second kappa shape index (κ2) is 7.49. The number of oxazole rings is 1. The molecule has 1 heterocycles. The number of ether oxygens (including phenoxy) is 1. The zero-order chi connectivity index (χ0) is 17.6. The Morgan fingerprint density at radius 3 is 2.64 bits per heavy atom. The molecule has 0 fully saturated rings. The molecule has 2 aromatic carbocycles. The summed E-state index contributed by atoms with van der Waals surface area (Å²) in [7, 11) is 0. The third kappa shape index (κ3) is 3.96. The molecule has 5 nitrogen and oxygen atoms in total. The summed E-state index contributed by atoms with van der Waals surface area (Å²) in [5, 5.41) is 12.4. The highest BCUT2D eigenvalue weighted by Crippen LogP contribution is 2.24. The number of rotatable bonds is 6. The van der Waals surface area contributed by atoms with Crippen molar-refractivity contribution in [1.29, 1.82) is 5.26 Å². The minimum atomic E-state index is -0.467. The van der Waals surface area contributed by atoms with Gasteiger partial charge in [-0.15, -0.1) is 0 Å². The molecule has 126 valence electrons. The molecule has 1 N–H and O–H groups in total. The molecule has 0 radical (unpaired) electrons. The van der Waals surface area contributed by atoms with Gasteiger partial charge in [-0.05, 0) is 24.6 Å². The van der Waals surface area contributed by atoms with Gasteiger partial charge in [-0.2, -0.15) is 10.2 Å². The largest absolute Gasteiger partial charge is 0.481 e. The van der Waals surface area contributed by atoms with Gasteiger partial charge in [0.15, 0.2) is 18.2 Å². The lowest BCUT2D eigenvalue weighted by Crippen LogP contribution is -2.06. The van der Waals surface area contributed by atoms with Crippen molar-refractivity contribution in [2.24, 2.45) is 0 Å². The molecule has 3 rings (SSSR count). The van der Waals surface area contributed by atoms with Crippen LogP contribution in [0.1, 0.15) is 30.1 Å². The topological polar surface area (TPSA) is 71.1 Å². The van der Waals surface area contributed by atoms with Gasteiger partial charge in [0.1, 0.15) is 6.07 Å². The van der Waals surface area contributed by atoms with E-state index in [2.05, 4.69) is 10.3 Å². The Hall–Kier alpha value is -3.33. The van der Waals surface area contributed by atoms with Gasteiger partial charge in [0.25, 0.3) is 0 Å². The van der Waals surface area contributed by atoms with Crippen LogP contribution in [0.5, 0.6) is 5.75 Å². The molecule has 1 aromatic heterocycles. The Labute approximate surface area is 144 Å². The van der Waals surface area contributed by atoms with Crippen LogP contribution in [0, 0.1) is 17.1 Å². The van der Waals surface area contributed by atoms with E-state index in [-0.39, 0.29) is 35.9 Å². The molecule has 6 heteroatoms. The first-order valence-electron chi connectivity index (χ1n) is 7.76. The van der Waals surface area contributed by atoms with E-state index in [1.165, 1.54) is 12.1 Å². The molecule has 3 aromatic rings. The van der Waals surface area contributed by atoms with Crippen LogP contribution in [0.3, 0.4) is 0 Å². The smallest absolute Gasteiger partial charge is 0.236 e. The number of nitrogens with one attached hydrogen (secondary N) is 1. The summed E-state index contributed by atoms with van der Waals surface area (Å²) >= 11 is 0. The van der Waals surface area contributed by atoms with E-state index >= 15 is 0 Å². The van der Waals surface area contributed by atoms with Crippen LogP contribution in [0.15, 0.2) is 59.0 Å². The van der Waals surface area contributed by atoms with E-state index in [0.29, 0.717) is 0 Å². The van der Waals surface area contributed by atoms with Gasteiger partial charge in [-0.25, -0.2) is 4.39 Å². The van der Waals surface area contributed by atoms with Gasteiger partial charge in [-0.1, -0.05) is 42.5 Å². The fourth-order valence-corrected chi connectivity index (χ4v) is 2.32. The monoisotopic (exact) mass is 337 g/mol. The van der Waals surface area contributed by atoms with E-state index in [1.54, 1.807) is 12.1 Å². The van der Waals surface area contributed by atoms with Gasteiger partial charge in [-0.3, -0.25) is 0 Å². The SMILES string of the molecule is C[C@H](Nc1oc(COc2ccccc2F)nc1C#N)c1ccccc1. The highest BCUT2D eigenvalue weighted by molar-refractivity contribution is 5.47. The van der Waals surface area contributed by atoms with Crippen molar-refractivity contribution in [3.05, 3.63) is 77.6 Å². The Morgan fingerprint density at radius 1 is 1.20 bits per heavy atom. The molecule has 0 aliphatic heterocycles. The molecule has 0 unspecified atom stereocenters. The van der Waals surface area contributed by atoms with E-state index in [9.17, 15) is 9.65 Å². The molecule has 0 bridgehead atoms. The van der Waals surface area contributed by atoms with Gasteiger partial charge in [0.2, 0.25) is 17.5 Å². The first-order valence-corrected chi connectivity index (χ1v) is 7.76. The zero-order valence-electron chi connectivity index (χ0n) is 13.6. The normalized spacial score (nSPS) is 11.6. The summed E-state index contributed by atoms with van der Waals surface area (Å²) < 4.78 is 24.5. The Bertz CT molecular complexity index is 887. The van der Waals surface area contributed by atoms with Crippen LogP contribution in [0.4, 0.5) is 10.3 Å². The van der Waals surface area contributed by atoms with E-state index < -0.39 is 5.82 Å². The van der Waals surface area contributed by atoms with Crippen molar-refractivity contribution in [1.82, 2.24) is 4.98 Å². The molecule has 0 aliphatic carbocycles. The van der Waals surface area contributed by atoms with Crippen LogP contribution in [-0.4, -0.2) is 4.98 Å². The number of benzene rings is 2. The average molecular weight is 337 g/mol. The van der Waals surface area contributed by atoms with Gasteiger partial charge < -0.3 is 14.5 Å². The molecular formula is C19H16FN3O2. The van der Waals surface area contributed by atoms with Crippen molar-refractivity contribution < 1.29 is 13.5 Å². The average Bonchev–Trinajstić information content (AvgIpc) is 3.03. The molecule has 0 aliphatic rings. The molecule has 0 amide bonds. The molecule has 1 atom stereocenters. The van der Waals surface area contributed by atoms with E-state index in [1.807, 2.05) is 43.3 Å². The highest BCUT2D eigenvalue weighted by atomic mass is 19.1. The van der Waals surface area contributed by atoms with Crippen LogP contribution in [0.25, 0.3) is 0 Å². The number of aromatic nitrogens is 1. The van der Waals surface area contributed by atoms with Crippen molar-refractivity contribution >= 4 is 5.88 Å². The van der Waals surface area contributed by atoms with Crippen LogP contribution in [-0.2, 0) is 6.61 Å². The fraction of sp³-hybridized carbons (Fsp3) is 0.158. The number of hydrogen-bond donors (Lipinski definition) is 1. The second-order valence-electron chi connectivity index (χ2n) is 5.39. The lowest BCUT2D eigenvalue weighted by Gasteiger charge is -2.13. The van der Waals surface area contributed by atoms with Crippen molar-refractivity contribution in [2.45, 2.75) is 19.6 Å². The van der Waals surface area contributed by atoms with Crippen molar-refractivity contribution in [3.8, 4) is 11.8 Å². The third-order valence-electron chi connectivity index (χ3n) is 3.61. The van der Waals surface area contributed by atoms with Crippen molar-refractivity contribution in [2.75, 3.05) is 5.32 Å². The highest BCUT2D eigenvalue weighted by Gasteiger charge is 2.16. The number of hydrogen-bond acceptors (Lipinski definition) is 5. The Kier molecular flexibility index (Phi) is 4.95. The maximum absolute atomic E-state index is 13.6. The van der Waals surface area contributed by atoms with E-state index in [4.69, 9.17) is 9.15 Å². The van der Waals surface area contributed by atoms with Gasteiger partial charge >= 0.3 is 0 Å². The summed E-state index contributed by atoms with van der Waals surface area (Å²) in [6.45, 7) is 1.88. The second-order valence-corrected chi connectivity index (χ2v) is 5.39. The van der Waals surface area contributed by atoms with Crippen LogP contribution < -0.4 is 10.1 Å². The Balaban J connectivity index is 1.71. The lowest BCUT2D eigenvalue weighted by molar-refractivity contribution is 0.253. The van der Waals surface area contributed by atoms with E-state index in [0.717, 1.165) is 5.56 Å². The fourth-order valence-electron chi connectivity index (χ4n) is 2.32. The Morgan fingerprint density at radius 2 is 1.92 bits per heavy atom. The maximum Gasteiger partial charge on any atom is 0.236 e. The summed E-state index contributed by atoms with van der Waals surface area (Å²) in [6.07, 6.45) is 0. The predicted octanol–water partition coefficient (Wildman–Crippen LogP) is 4.44. The first-order chi connectivity index (χ1) is 12.2. The summed E-state index contributed by atoms with van der Waals surface area (Å²) in [5.41, 5.74) is 1.18. The number of nitrogens with zero attached hydrogens (tertiary/aromatic N) is 2. The zero-order valence-corrected chi connectivity index (χ0v) is 13.6. The lowest BCUT2D eigenvalue weighted by atomic mass is 10.1. The molecule has 25 heavy (non-hydrogen) atoms. The minimum Gasteiger partial charge on any atom is -0.481 e. The molecular weight excluding hydrogens is 321 g/mol. The predicted molar refractivity (Wildman–Crippen MR) is 90.4 cm³/mol. The quantitative estimate of drug-likeness (QED) is 0.720. The van der Waals surface area contributed by atoms with Gasteiger partial charge in [0.05, 0.1) is 6.04 Å². The molecule has 0 saturated heterocycles. The number of halogens is 1.